The predicted octanol–water partition coefficient (Wildman–Crippen LogP) is 3.58. The zero-order valence-corrected chi connectivity index (χ0v) is 10.6. The van der Waals surface area contributed by atoms with Crippen LogP contribution in [0.5, 0.6) is 0 Å². The van der Waals surface area contributed by atoms with Crippen LogP contribution in [0.2, 0.25) is 0 Å². The van der Waals surface area contributed by atoms with Crippen molar-refractivity contribution in [2.45, 2.75) is 36.5 Å². The fourth-order valence-corrected chi connectivity index (χ4v) is 3.23. The molecule has 0 saturated carbocycles. The van der Waals surface area contributed by atoms with Gasteiger partial charge in [-0.15, -0.1) is 0 Å². The number of pyridine rings is 1. The van der Waals surface area contributed by atoms with Gasteiger partial charge in [0.15, 0.2) is 0 Å². The van der Waals surface area contributed by atoms with E-state index in [1.165, 1.54) is 0 Å². The van der Waals surface area contributed by atoms with Gasteiger partial charge >= 0.3 is 0 Å². The molecule has 0 aliphatic rings. The van der Waals surface area contributed by atoms with Crippen molar-refractivity contribution in [2.24, 2.45) is 0 Å². The van der Waals surface area contributed by atoms with Gasteiger partial charge in [-0.3, -0.25) is 0 Å². The van der Waals surface area contributed by atoms with E-state index in [-0.39, 0.29) is 4.75 Å². The molecule has 1 aromatic rings. The fraction of sp³-hybridized carbons (Fsp3) is 0.455. The number of hydrogen-bond acceptors (Lipinski definition) is 4. The van der Waals surface area contributed by atoms with Crippen molar-refractivity contribution in [3.05, 3.63) is 24.4 Å². The molecule has 4 heteroatoms. The summed E-state index contributed by atoms with van der Waals surface area (Å²) >= 11 is 0. The summed E-state index contributed by atoms with van der Waals surface area (Å²) in [6.07, 6.45) is 4.30. The second-order valence-electron chi connectivity index (χ2n) is 3.80. The van der Waals surface area contributed by atoms with Crippen LogP contribution in [-0.4, -0.2) is 16.0 Å². The minimum atomic E-state index is 0.114. The van der Waals surface area contributed by atoms with Crippen LogP contribution in [0.1, 0.15) is 26.7 Å². The zero-order valence-electron chi connectivity index (χ0n) is 8.97. The Morgan fingerprint density at radius 1 is 1.47 bits per heavy atom. The van der Waals surface area contributed by atoms with Gasteiger partial charge in [0.05, 0.1) is 0 Å². The first-order valence-electron chi connectivity index (χ1n) is 4.84. The Morgan fingerprint density at radius 3 is 2.87 bits per heavy atom. The van der Waals surface area contributed by atoms with E-state index in [2.05, 4.69) is 18.8 Å². The lowest BCUT2D eigenvalue weighted by atomic mass is 10.1. The highest BCUT2D eigenvalue weighted by Gasteiger charge is 2.18. The Labute approximate surface area is 98.6 Å². The highest BCUT2D eigenvalue weighted by Crippen LogP contribution is 2.41. The lowest BCUT2D eigenvalue weighted by molar-refractivity contribution is -0.108. The molecule has 0 amide bonds. The van der Waals surface area contributed by atoms with Gasteiger partial charge in [0.1, 0.15) is 11.3 Å². The first-order chi connectivity index (χ1) is 7.14. The van der Waals surface area contributed by atoms with E-state index in [1.54, 1.807) is 27.8 Å². The molecular weight excluding hydrogens is 226 g/mol. The molecule has 0 spiro atoms. The maximum Gasteiger partial charge on any atom is 0.120 e. The Morgan fingerprint density at radius 2 is 2.27 bits per heavy atom. The normalized spacial score (nSPS) is 11.3. The van der Waals surface area contributed by atoms with Crippen molar-refractivity contribution in [3.63, 3.8) is 0 Å². The van der Waals surface area contributed by atoms with E-state index in [9.17, 15) is 4.79 Å². The first kappa shape index (κ1) is 12.6. The predicted molar refractivity (Wildman–Crippen MR) is 67.1 cm³/mol. The molecule has 0 saturated heterocycles. The third kappa shape index (κ3) is 5.23. The summed E-state index contributed by atoms with van der Waals surface area (Å²) in [7, 11) is 3.43. The van der Waals surface area contributed by atoms with E-state index in [0.717, 1.165) is 17.7 Å². The minimum absolute atomic E-state index is 0.114. The lowest BCUT2D eigenvalue weighted by Crippen LogP contribution is -2.12. The number of aromatic nitrogens is 1. The summed E-state index contributed by atoms with van der Waals surface area (Å²) in [6.45, 7) is 4.30. The topological polar surface area (TPSA) is 30.0 Å². The average Bonchev–Trinajstić information content (AvgIpc) is 2.25. The van der Waals surface area contributed by atoms with Crippen LogP contribution in [-0.2, 0) is 4.79 Å². The number of aldehydes is 1. The molecule has 0 fully saturated rings. The van der Waals surface area contributed by atoms with Crippen molar-refractivity contribution in [1.82, 2.24) is 4.98 Å². The molecule has 0 unspecified atom stereocenters. The third-order valence-electron chi connectivity index (χ3n) is 1.85. The zero-order chi connectivity index (χ0) is 11.1. The number of nitrogens with zero attached hydrogens (tertiary/aromatic N) is 1. The minimum Gasteiger partial charge on any atom is -0.303 e. The Bertz CT molecular complexity index is 301. The van der Waals surface area contributed by atoms with Gasteiger partial charge < -0.3 is 4.79 Å². The second-order valence-corrected chi connectivity index (χ2v) is 6.66. The maximum atomic E-state index is 10.3. The molecule has 0 radical (unpaired) electrons. The Kier molecular flexibility index (Phi) is 5.19. The van der Waals surface area contributed by atoms with E-state index >= 15 is 0 Å². The number of carbonyl (C=O) groups excluding carboxylic acids is 1. The largest absolute Gasteiger partial charge is 0.303 e. The van der Waals surface area contributed by atoms with Crippen LogP contribution in [0.25, 0.3) is 0 Å². The molecule has 0 atom stereocenters. The molecule has 0 aliphatic carbocycles. The summed E-state index contributed by atoms with van der Waals surface area (Å²) < 4.78 is 0.114. The van der Waals surface area contributed by atoms with Crippen LogP contribution in [0, 0.1) is 0 Å². The van der Waals surface area contributed by atoms with Gasteiger partial charge in [-0.25, -0.2) is 4.98 Å². The van der Waals surface area contributed by atoms with Gasteiger partial charge in [0.2, 0.25) is 0 Å². The molecule has 15 heavy (non-hydrogen) atoms. The average molecular weight is 241 g/mol. The van der Waals surface area contributed by atoms with E-state index in [0.29, 0.717) is 6.42 Å². The summed E-state index contributed by atoms with van der Waals surface area (Å²) in [5.41, 5.74) is 0. The van der Waals surface area contributed by atoms with Gasteiger partial charge in [0.25, 0.3) is 0 Å². The highest BCUT2D eigenvalue weighted by molar-refractivity contribution is 8.77. The number of rotatable bonds is 6. The van der Waals surface area contributed by atoms with Crippen LogP contribution >= 0.6 is 21.6 Å². The molecule has 0 bridgehead atoms. The Balaban J connectivity index is 2.39. The maximum absolute atomic E-state index is 10.3. The summed E-state index contributed by atoms with van der Waals surface area (Å²) in [6, 6.07) is 5.88. The van der Waals surface area contributed by atoms with Crippen molar-refractivity contribution in [1.29, 1.82) is 0 Å². The molecule has 0 aromatic carbocycles. The van der Waals surface area contributed by atoms with Crippen LogP contribution in [0.3, 0.4) is 0 Å². The smallest absolute Gasteiger partial charge is 0.120 e. The van der Waals surface area contributed by atoms with Gasteiger partial charge in [-0.1, -0.05) is 16.9 Å². The highest BCUT2D eigenvalue weighted by atomic mass is 33.1. The number of hydrogen-bond donors (Lipinski definition) is 0. The Hall–Kier alpha value is -0.480. The number of carbonyl (C=O) groups is 1. The van der Waals surface area contributed by atoms with E-state index < -0.39 is 0 Å². The van der Waals surface area contributed by atoms with Gasteiger partial charge in [0, 0.05) is 17.4 Å². The third-order valence-corrected chi connectivity index (χ3v) is 5.12. The summed E-state index contributed by atoms with van der Waals surface area (Å²) in [4.78, 5) is 14.5. The molecule has 1 heterocycles. The van der Waals surface area contributed by atoms with Crippen molar-refractivity contribution < 1.29 is 4.79 Å². The first-order valence-corrected chi connectivity index (χ1v) is 6.99. The molecule has 82 valence electrons. The fourth-order valence-electron chi connectivity index (χ4n) is 1.00. The van der Waals surface area contributed by atoms with Crippen LogP contribution in [0.4, 0.5) is 0 Å². The lowest BCUT2D eigenvalue weighted by Gasteiger charge is -2.21. The molecule has 1 rings (SSSR count). The van der Waals surface area contributed by atoms with Crippen LogP contribution < -0.4 is 0 Å². The molecule has 1 aromatic heterocycles. The van der Waals surface area contributed by atoms with E-state index in [4.69, 9.17) is 0 Å². The second kappa shape index (κ2) is 6.18. The summed E-state index contributed by atoms with van der Waals surface area (Å²) in [5.74, 6) is 0. The molecular formula is C11H15NOS2. The quantitative estimate of drug-likeness (QED) is 0.562. The van der Waals surface area contributed by atoms with Crippen LogP contribution in [0.15, 0.2) is 29.4 Å². The SMILES string of the molecule is CC(C)(CCC=O)SSc1ccccn1. The van der Waals surface area contributed by atoms with Gasteiger partial charge in [-0.2, -0.15) is 0 Å². The standard InChI is InChI=1S/C11H15NOS2/c1-11(2,7-5-9-13)15-14-10-6-3-4-8-12-10/h3-4,6,8-9H,5,7H2,1-2H3. The monoisotopic (exact) mass is 241 g/mol. The van der Waals surface area contributed by atoms with Gasteiger partial charge in [-0.05, 0) is 43.2 Å². The van der Waals surface area contributed by atoms with Crippen molar-refractivity contribution in [2.75, 3.05) is 0 Å². The molecule has 2 nitrogen and oxygen atoms in total. The summed E-state index contributed by atoms with van der Waals surface area (Å²) in [5, 5.41) is 1.02. The molecule has 0 aliphatic heterocycles. The van der Waals surface area contributed by atoms with Crippen molar-refractivity contribution in [3.8, 4) is 0 Å². The van der Waals surface area contributed by atoms with Crippen molar-refractivity contribution >= 4 is 27.9 Å². The van der Waals surface area contributed by atoms with E-state index in [1.807, 2.05) is 18.2 Å². The molecule has 0 N–H and O–H groups in total.